The predicted octanol–water partition coefficient (Wildman–Crippen LogP) is 2.25. The zero-order valence-electron chi connectivity index (χ0n) is 11.6. The first-order valence-corrected chi connectivity index (χ1v) is 7.59. The number of nitrogen functional groups attached to an aromatic ring is 1. The molecule has 104 valence electrons. The third-order valence-electron chi connectivity index (χ3n) is 3.77. The van der Waals surface area contributed by atoms with Gasteiger partial charge in [-0.15, -0.1) is 0 Å². The smallest absolute Gasteiger partial charge is 0.254 e. The van der Waals surface area contributed by atoms with Crippen molar-refractivity contribution in [3.05, 3.63) is 29.3 Å². The summed E-state index contributed by atoms with van der Waals surface area (Å²) in [6, 6.07) is 5.87. The number of thioether (sulfide) groups is 1. The third-order valence-corrected chi connectivity index (χ3v) is 5.11. The molecule has 1 aromatic carbocycles. The van der Waals surface area contributed by atoms with Crippen molar-refractivity contribution < 1.29 is 4.79 Å². The standard InChI is InChI=1S/C14H21N3OS/c1-9-8-12(16-15)4-5-13(9)14(18)17-6-7-19-11(3)10(17)2/h4-5,8,10-11,16H,6-7,15H2,1-3H3. The van der Waals surface area contributed by atoms with Gasteiger partial charge in [0, 0.05) is 34.8 Å². The third kappa shape index (κ3) is 2.87. The van der Waals surface area contributed by atoms with Crippen LogP contribution in [-0.2, 0) is 0 Å². The number of hydrazine groups is 1. The highest BCUT2D eigenvalue weighted by Crippen LogP contribution is 2.26. The highest BCUT2D eigenvalue weighted by molar-refractivity contribution is 8.00. The Morgan fingerprint density at radius 3 is 2.84 bits per heavy atom. The molecule has 0 bridgehead atoms. The van der Waals surface area contributed by atoms with Crippen LogP contribution in [0.3, 0.4) is 0 Å². The van der Waals surface area contributed by atoms with Crippen LogP contribution in [0.2, 0.25) is 0 Å². The van der Waals surface area contributed by atoms with E-state index in [-0.39, 0.29) is 11.9 Å². The molecule has 0 aromatic heterocycles. The molecule has 1 aliphatic rings. The second-order valence-corrected chi connectivity index (χ2v) is 6.47. The van der Waals surface area contributed by atoms with E-state index in [9.17, 15) is 4.79 Å². The Labute approximate surface area is 118 Å². The van der Waals surface area contributed by atoms with E-state index in [0.29, 0.717) is 5.25 Å². The van der Waals surface area contributed by atoms with Crippen LogP contribution in [-0.4, -0.2) is 34.4 Å². The van der Waals surface area contributed by atoms with Crippen molar-refractivity contribution in [3.8, 4) is 0 Å². The Hall–Kier alpha value is -1.20. The van der Waals surface area contributed by atoms with Gasteiger partial charge in [0.2, 0.25) is 0 Å². The number of hydrogen-bond acceptors (Lipinski definition) is 4. The van der Waals surface area contributed by atoms with Gasteiger partial charge in [0.15, 0.2) is 0 Å². The van der Waals surface area contributed by atoms with Crippen LogP contribution >= 0.6 is 11.8 Å². The van der Waals surface area contributed by atoms with Gasteiger partial charge in [-0.1, -0.05) is 6.92 Å². The van der Waals surface area contributed by atoms with E-state index in [4.69, 9.17) is 5.84 Å². The molecule has 2 atom stereocenters. The van der Waals surface area contributed by atoms with Crippen LogP contribution in [0, 0.1) is 6.92 Å². The highest BCUT2D eigenvalue weighted by atomic mass is 32.2. The van der Waals surface area contributed by atoms with E-state index in [1.54, 1.807) is 0 Å². The monoisotopic (exact) mass is 279 g/mol. The number of aryl methyl sites for hydroxylation is 1. The van der Waals surface area contributed by atoms with Crippen molar-refractivity contribution in [2.75, 3.05) is 17.7 Å². The molecule has 1 aliphatic heterocycles. The number of amides is 1. The zero-order chi connectivity index (χ0) is 14.0. The normalized spacial score (nSPS) is 23.3. The van der Waals surface area contributed by atoms with Gasteiger partial charge >= 0.3 is 0 Å². The number of benzene rings is 1. The van der Waals surface area contributed by atoms with Gasteiger partial charge in [0.25, 0.3) is 5.91 Å². The van der Waals surface area contributed by atoms with E-state index >= 15 is 0 Å². The summed E-state index contributed by atoms with van der Waals surface area (Å²) in [5, 5.41) is 0.489. The molecule has 19 heavy (non-hydrogen) atoms. The average molecular weight is 279 g/mol. The lowest BCUT2D eigenvalue weighted by molar-refractivity contribution is 0.0697. The molecule has 0 radical (unpaired) electrons. The van der Waals surface area contributed by atoms with Crippen LogP contribution in [0.25, 0.3) is 0 Å². The molecule has 2 unspecified atom stereocenters. The molecule has 1 heterocycles. The predicted molar refractivity (Wildman–Crippen MR) is 81.4 cm³/mol. The number of hydrogen-bond donors (Lipinski definition) is 2. The van der Waals surface area contributed by atoms with Crippen LogP contribution in [0.1, 0.15) is 29.8 Å². The Morgan fingerprint density at radius 1 is 1.47 bits per heavy atom. The first kappa shape index (κ1) is 14.2. The molecule has 1 saturated heterocycles. The molecule has 1 fully saturated rings. The van der Waals surface area contributed by atoms with Gasteiger partial charge in [0.05, 0.1) is 0 Å². The van der Waals surface area contributed by atoms with E-state index in [0.717, 1.165) is 29.1 Å². The van der Waals surface area contributed by atoms with E-state index in [1.165, 1.54) is 0 Å². The molecule has 1 aromatic rings. The van der Waals surface area contributed by atoms with Crippen molar-refractivity contribution in [2.24, 2.45) is 5.84 Å². The van der Waals surface area contributed by atoms with E-state index < -0.39 is 0 Å². The number of nitrogens with zero attached hydrogens (tertiary/aromatic N) is 1. The van der Waals surface area contributed by atoms with Crippen LogP contribution in [0.15, 0.2) is 18.2 Å². The molecule has 5 heteroatoms. The highest BCUT2D eigenvalue weighted by Gasteiger charge is 2.29. The van der Waals surface area contributed by atoms with Gasteiger partial charge in [-0.25, -0.2) is 0 Å². The summed E-state index contributed by atoms with van der Waals surface area (Å²) in [6.07, 6.45) is 0. The maximum Gasteiger partial charge on any atom is 0.254 e. The van der Waals surface area contributed by atoms with Crippen molar-refractivity contribution >= 4 is 23.4 Å². The molecule has 0 spiro atoms. The van der Waals surface area contributed by atoms with Gasteiger partial charge in [-0.3, -0.25) is 10.6 Å². The Balaban J connectivity index is 2.24. The van der Waals surface area contributed by atoms with Crippen molar-refractivity contribution in [1.82, 2.24) is 4.90 Å². The summed E-state index contributed by atoms with van der Waals surface area (Å²) in [5.41, 5.74) is 5.15. The fourth-order valence-corrected chi connectivity index (χ4v) is 3.47. The number of nitrogens with two attached hydrogens (primary N) is 1. The molecule has 4 nitrogen and oxygen atoms in total. The fraction of sp³-hybridized carbons (Fsp3) is 0.500. The minimum Gasteiger partial charge on any atom is -0.334 e. The lowest BCUT2D eigenvalue weighted by Gasteiger charge is -2.37. The number of carbonyl (C=O) groups is 1. The van der Waals surface area contributed by atoms with E-state index in [2.05, 4.69) is 19.3 Å². The summed E-state index contributed by atoms with van der Waals surface area (Å²) in [5.74, 6) is 6.52. The Kier molecular flexibility index (Phi) is 4.37. The second-order valence-electron chi connectivity index (χ2n) is 4.99. The number of anilines is 1. The molecule has 1 amide bonds. The van der Waals surface area contributed by atoms with Crippen molar-refractivity contribution in [3.63, 3.8) is 0 Å². The minimum atomic E-state index is 0.126. The van der Waals surface area contributed by atoms with Crippen molar-refractivity contribution in [1.29, 1.82) is 0 Å². The first-order valence-electron chi connectivity index (χ1n) is 6.54. The van der Waals surface area contributed by atoms with E-state index in [1.807, 2.05) is 41.8 Å². The van der Waals surface area contributed by atoms with Gasteiger partial charge in [0.1, 0.15) is 0 Å². The van der Waals surface area contributed by atoms with Crippen LogP contribution < -0.4 is 11.3 Å². The molecule has 3 N–H and O–H groups in total. The van der Waals surface area contributed by atoms with Gasteiger partial charge < -0.3 is 10.3 Å². The quantitative estimate of drug-likeness (QED) is 0.644. The minimum absolute atomic E-state index is 0.126. The van der Waals surface area contributed by atoms with Crippen LogP contribution in [0.4, 0.5) is 5.69 Å². The summed E-state index contributed by atoms with van der Waals surface area (Å²) in [4.78, 5) is 14.6. The summed E-state index contributed by atoms with van der Waals surface area (Å²) < 4.78 is 0. The van der Waals surface area contributed by atoms with Gasteiger partial charge in [-0.05, 0) is 37.6 Å². The molecule has 0 saturated carbocycles. The lowest BCUT2D eigenvalue weighted by Crippen LogP contribution is -2.48. The Morgan fingerprint density at radius 2 is 2.21 bits per heavy atom. The maximum atomic E-state index is 12.6. The summed E-state index contributed by atoms with van der Waals surface area (Å²) in [7, 11) is 0. The summed E-state index contributed by atoms with van der Waals surface area (Å²) in [6.45, 7) is 7.08. The SMILES string of the molecule is Cc1cc(NN)ccc1C(=O)N1CCSC(C)C1C. The van der Waals surface area contributed by atoms with Crippen LogP contribution in [0.5, 0.6) is 0 Å². The topological polar surface area (TPSA) is 58.4 Å². The molecule has 2 rings (SSSR count). The first-order chi connectivity index (χ1) is 9.04. The second kappa shape index (κ2) is 5.84. The lowest BCUT2D eigenvalue weighted by atomic mass is 10.0. The maximum absolute atomic E-state index is 12.6. The molecular formula is C14H21N3OS. The molecular weight excluding hydrogens is 258 g/mol. The number of carbonyl (C=O) groups excluding carboxylic acids is 1. The van der Waals surface area contributed by atoms with Gasteiger partial charge in [-0.2, -0.15) is 11.8 Å². The fourth-order valence-electron chi connectivity index (χ4n) is 2.37. The van der Waals surface area contributed by atoms with Crippen molar-refractivity contribution in [2.45, 2.75) is 32.1 Å². The summed E-state index contributed by atoms with van der Waals surface area (Å²) >= 11 is 1.93. The molecule has 0 aliphatic carbocycles. The average Bonchev–Trinajstić information content (AvgIpc) is 2.41. The largest absolute Gasteiger partial charge is 0.334 e. The number of nitrogens with one attached hydrogen (secondary N) is 1. The number of rotatable bonds is 2. The zero-order valence-corrected chi connectivity index (χ0v) is 12.5. The Bertz CT molecular complexity index is 478.